The van der Waals surface area contributed by atoms with Crippen molar-refractivity contribution in [1.82, 2.24) is 16.0 Å². The lowest BCUT2D eigenvalue weighted by molar-refractivity contribution is -0.127. The first-order chi connectivity index (χ1) is 11.1. The van der Waals surface area contributed by atoms with Gasteiger partial charge in [-0.3, -0.25) is 14.4 Å². The van der Waals surface area contributed by atoms with Crippen molar-refractivity contribution >= 4 is 17.7 Å². The van der Waals surface area contributed by atoms with Crippen molar-refractivity contribution in [2.24, 2.45) is 5.92 Å². The quantitative estimate of drug-likeness (QED) is 0.737. The summed E-state index contributed by atoms with van der Waals surface area (Å²) in [5, 5.41) is 7.87. The van der Waals surface area contributed by atoms with E-state index < -0.39 is 0 Å². The summed E-state index contributed by atoms with van der Waals surface area (Å²) in [4.78, 5) is 35.1. The van der Waals surface area contributed by atoms with Crippen molar-refractivity contribution in [3.63, 3.8) is 0 Å². The van der Waals surface area contributed by atoms with Crippen molar-refractivity contribution < 1.29 is 14.4 Å². The van der Waals surface area contributed by atoms with Crippen LogP contribution in [0, 0.1) is 5.92 Å². The standard InChI is InChI=1S/C17H23N3O3/c21-15-10-14(9-13-5-2-1-3-6-13)7-4-8-18-16(22)11-20-17(23)12-19-15/h1-3,5-6,14H,4,7-12H2,(H,18,22)(H,19,21)(H,20,23)/t14-/m0/s1. The minimum Gasteiger partial charge on any atom is -0.355 e. The number of hydrogen-bond donors (Lipinski definition) is 3. The molecule has 6 nitrogen and oxygen atoms in total. The zero-order chi connectivity index (χ0) is 16.5. The Kier molecular flexibility index (Phi) is 6.59. The molecule has 0 unspecified atom stereocenters. The van der Waals surface area contributed by atoms with Gasteiger partial charge in [-0.2, -0.15) is 0 Å². The number of rotatable bonds is 2. The average Bonchev–Trinajstić information content (AvgIpc) is 2.56. The third-order valence-electron chi connectivity index (χ3n) is 3.84. The van der Waals surface area contributed by atoms with Gasteiger partial charge in [-0.05, 0) is 30.7 Å². The summed E-state index contributed by atoms with van der Waals surface area (Å²) in [6.45, 7) is 0.411. The Morgan fingerprint density at radius 1 is 0.870 bits per heavy atom. The highest BCUT2D eigenvalue weighted by Crippen LogP contribution is 2.17. The summed E-state index contributed by atoms with van der Waals surface area (Å²) >= 11 is 0. The third kappa shape index (κ3) is 6.50. The molecule has 1 fully saturated rings. The predicted molar refractivity (Wildman–Crippen MR) is 86.5 cm³/mol. The molecule has 1 aliphatic rings. The summed E-state index contributed by atoms with van der Waals surface area (Å²) in [7, 11) is 0. The van der Waals surface area contributed by atoms with E-state index in [9.17, 15) is 14.4 Å². The average molecular weight is 317 g/mol. The van der Waals surface area contributed by atoms with Gasteiger partial charge in [-0.1, -0.05) is 30.3 Å². The lowest BCUT2D eigenvalue weighted by Crippen LogP contribution is -2.41. The number of benzene rings is 1. The maximum atomic E-state index is 12.0. The molecular formula is C17H23N3O3. The van der Waals surface area contributed by atoms with Gasteiger partial charge in [-0.25, -0.2) is 0 Å². The molecule has 6 heteroatoms. The van der Waals surface area contributed by atoms with Gasteiger partial charge in [0.05, 0.1) is 13.1 Å². The van der Waals surface area contributed by atoms with Crippen LogP contribution in [0.15, 0.2) is 30.3 Å². The maximum Gasteiger partial charge on any atom is 0.239 e. The molecule has 2 rings (SSSR count). The van der Waals surface area contributed by atoms with Crippen molar-refractivity contribution in [1.29, 1.82) is 0 Å². The molecule has 124 valence electrons. The minimum atomic E-state index is -0.354. The molecule has 0 bridgehead atoms. The van der Waals surface area contributed by atoms with E-state index in [1.165, 1.54) is 5.56 Å². The zero-order valence-electron chi connectivity index (χ0n) is 13.1. The van der Waals surface area contributed by atoms with Gasteiger partial charge < -0.3 is 16.0 Å². The molecule has 1 aromatic carbocycles. The summed E-state index contributed by atoms with van der Waals surface area (Å²) in [5.74, 6) is -0.492. The highest BCUT2D eigenvalue weighted by Gasteiger charge is 2.16. The Bertz CT molecular complexity index is 545. The monoisotopic (exact) mass is 317 g/mol. The Morgan fingerprint density at radius 2 is 1.52 bits per heavy atom. The maximum absolute atomic E-state index is 12.0. The van der Waals surface area contributed by atoms with Crippen LogP contribution in [0.1, 0.15) is 24.8 Å². The van der Waals surface area contributed by atoms with E-state index in [2.05, 4.69) is 16.0 Å². The second kappa shape index (κ2) is 8.92. The van der Waals surface area contributed by atoms with Crippen LogP contribution < -0.4 is 16.0 Å². The second-order valence-electron chi connectivity index (χ2n) is 5.81. The van der Waals surface area contributed by atoms with Crippen LogP contribution >= 0.6 is 0 Å². The summed E-state index contributed by atoms with van der Waals surface area (Å²) in [5.41, 5.74) is 1.19. The molecule has 1 atom stereocenters. The normalized spacial score (nSPS) is 21.0. The van der Waals surface area contributed by atoms with Gasteiger partial charge in [-0.15, -0.1) is 0 Å². The molecule has 1 aromatic rings. The summed E-state index contributed by atoms with van der Waals surface area (Å²) in [6.07, 6.45) is 2.86. The van der Waals surface area contributed by atoms with E-state index in [0.29, 0.717) is 13.0 Å². The SMILES string of the molecule is O=C1CNC(=O)CNC(=O)C[C@H](Cc2ccccc2)CCCN1. The predicted octanol–water partition coefficient (Wildman–Crippen LogP) is 0.378. The molecule has 3 N–H and O–H groups in total. The van der Waals surface area contributed by atoms with Crippen LogP contribution in [-0.4, -0.2) is 37.4 Å². The van der Waals surface area contributed by atoms with Crippen molar-refractivity contribution in [2.45, 2.75) is 25.7 Å². The van der Waals surface area contributed by atoms with Crippen LogP contribution in [0.5, 0.6) is 0 Å². The summed E-state index contributed by atoms with van der Waals surface area (Å²) in [6, 6.07) is 10.0. The van der Waals surface area contributed by atoms with Crippen molar-refractivity contribution in [3.05, 3.63) is 35.9 Å². The first-order valence-electron chi connectivity index (χ1n) is 7.97. The van der Waals surface area contributed by atoms with Crippen molar-refractivity contribution in [2.75, 3.05) is 19.6 Å². The first kappa shape index (κ1) is 17.0. The van der Waals surface area contributed by atoms with E-state index in [1.807, 2.05) is 30.3 Å². The Labute approximate surface area is 136 Å². The van der Waals surface area contributed by atoms with Gasteiger partial charge >= 0.3 is 0 Å². The fourth-order valence-electron chi connectivity index (χ4n) is 2.66. The lowest BCUT2D eigenvalue weighted by Gasteiger charge is -2.16. The number of nitrogens with one attached hydrogen (secondary N) is 3. The molecule has 0 radical (unpaired) electrons. The van der Waals surface area contributed by atoms with Gasteiger partial charge in [0.1, 0.15) is 0 Å². The highest BCUT2D eigenvalue weighted by molar-refractivity contribution is 5.88. The first-order valence-corrected chi connectivity index (χ1v) is 7.97. The van der Waals surface area contributed by atoms with Crippen molar-refractivity contribution in [3.8, 4) is 0 Å². The molecule has 3 amide bonds. The van der Waals surface area contributed by atoms with E-state index in [4.69, 9.17) is 0 Å². The summed E-state index contributed by atoms with van der Waals surface area (Å²) < 4.78 is 0. The Hall–Kier alpha value is -2.37. The molecule has 1 saturated heterocycles. The highest BCUT2D eigenvalue weighted by atomic mass is 16.2. The Morgan fingerprint density at radius 3 is 2.26 bits per heavy atom. The van der Waals surface area contributed by atoms with Gasteiger partial charge in [0.15, 0.2) is 0 Å². The molecule has 0 aliphatic carbocycles. The fraction of sp³-hybridized carbons (Fsp3) is 0.471. The zero-order valence-corrected chi connectivity index (χ0v) is 13.1. The lowest BCUT2D eigenvalue weighted by atomic mass is 9.91. The fourth-order valence-corrected chi connectivity index (χ4v) is 2.66. The Balaban J connectivity index is 1.97. The molecule has 0 aromatic heterocycles. The number of carbonyl (C=O) groups is 3. The molecule has 1 aliphatic heterocycles. The van der Waals surface area contributed by atoms with Gasteiger partial charge in [0.2, 0.25) is 17.7 Å². The largest absolute Gasteiger partial charge is 0.355 e. The molecule has 0 spiro atoms. The number of hydrogen-bond acceptors (Lipinski definition) is 3. The van der Waals surface area contributed by atoms with E-state index in [-0.39, 0.29) is 36.7 Å². The molecule has 1 heterocycles. The molecule has 0 saturated carbocycles. The third-order valence-corrected chi connectivity index (χ3v) is 3.84. The molecule has 23 heavy (non-hydrogen) atoms. The smallest absolute Gasteiger partial charge is 0.239 e. The number of carbonyl (C=O) groups excluding carboxylic acids is 3. The topological polar surface area (TPSA) is 87.3 Å². The van der Waals surface area contributed by atoms with Gasteiger partial charge in [0.25, 0.3) is 0 Å². The molecular weight excluding hydrogens is 294 g/mol. The van der Waals surface area contributed by atoms with Crippen LogP contribution in [0.3, 0.4) is 0 Å². The van der Waals surface area contributed by atoms with Crippen LogP contribution in [-0.2, 0) is 20.8 Å². The van der Waals surface area contributed by atoms with Crippen LogP contribution in [0.25, 0.3) is 0 Å². The van der Waals surface area contributed by atoms with Crippen LogP contribution in [0.4, 0.5) is 0 Å². The number of amides is 3. The van der Waals surface area contributed by atoms with E-state index in [1.54, 1.807) is 0 Å². The second-order valence-corrected chi connectivity index (χ2v) is 5.81. The van der Waals surface area contributed by atoms with E-state index in [0.717, 1.165) is 19.3 Å². The van der Waals surface area contributed by atoms with Gasteiger partial charge in [0, 0.05) is 13.0 Å². The van der Waals surface area contributed by atoms with E-state index >= 15 is 0 Å². The minimum absolute atomic E-state index is 0.0534. The van der Waals surface area contributed by atoms with Crippen LogP contribution in [0.2, 0.25) is 0 Å².